The summed E-state index contributed by atoms with van der Waals surface area (Å²) in [5, 5.41) is 1.04. The molecule has 5 heteroatoms. The molecule has 3 rings (SSSR count). The molecule has 0 aliphatic carbocycles. The number of halogens is 1. The van der Waals surface area contributed by atoms with Crippen molar-refractivity contribution in [2.45, 2.75) is 6.54 Å². The average Bonchev–Trinajstić information content (AvgIpc) is 2.47. The lowest BCUT2D eigenvalue weighted by Gasteiger charge is -2.19. The van der Waals surface area contributed by atoms with E-state index in [9.17, 15) is 0 Å². The Morgan fingerprint density at radius 1 is 1.10 bits per heavy atom. The number of benzene rings is 1. The lowest BCUT2D eigenvalue weighted by Crippen LogP contribution is -2.18. The van der Waals surface area contributed by atoms with Crippen LogP contribution in [0, 0.1) is 0 Å². The highest BCUT2D eigenvalue weighted by molar-refractivity contribution is 9.10. The SMILES string of the molecule is CN(Cc1ccncc1)c1ncnc2ccc(Br)cc12. The molecule has 20 heavy (non-hydrogen) atoms. The van der Waals surface area contributed by atoms with Gasteiger partial charge >= 0.3 is 0 Å². The molecule has 0 bridgehead atoms. The molecule has 0 fully saturated rings. The molecule has 2 heterocycles. The minimum absolute atomic E-state index is 0.779. The molecule has 0 unspecified atom stereocenters. The van der Waals surface area contributed by atoms with Crippen LogP contribution < -0.4 is 4.90 Å². The van der Waals surface area contributed by atoms with Crippen LogP contribution in [-0.4, -0.2) is 22.0 Å². The van der Waals surface area contributed by atoms with E-state index in [1.807, 2.05) is 37.4 Å². The van der Waals surface area contributed by atoms with Crippen LogP contribution in [-0.2, 0) is 6.54 Å². The van der Waals surface area contributed by atoms with Crippen molar-refractivity contribution in [3.05, 3.63) is 59.1 Å². The molecule has 0 amide bonds. The average molecular weight is 329 g/mol. The van der Waals surface area contributed by atoms with Gasteiger partial charge < -0.3 is 4.90 Å². The highest BCUT2D eigenvalue weighted by Gasteiger charge is 2.09. The Labute approximate surface area is 125 Å². The maximum atomic E-state index is 4.42. The largest absolute Gasteiger partial charge is 0.355 e. The van der Waals surface area contributed by atoms with Crippen LogP contribution in [0.2, 0.25) is 0 Å². The Morgan fingerprint density at radius 2 is 1.90 bits per heavy atom. The van der Waals surface area contributed by atoms with Crippen LogP contribution in [0.3, 0.4) is 0 Å². The van der Waals surface area contributed by atoms with Crippen LogP contribution in [0.4, 0.5) is 5.82 Å². The Kier molecular flexibility index (Phi) is 3.60. The van der Waals surface area contributed by atoms with Gasteiger partial charge in [0.2, 0.25) is 0 Å². The van der Waals surface area contributed by atoms with E-state index >= 15 is 0 Å². The molecular weight excluding hydrogens is 316 g/mol. The van der Waals surface area contributed by atoms with Crippen molar-refractivity contribution in [1.82, 2.24) is 15.0 Å². The molecule has 4 nitrogen and oxygen atoms in total. The lowest BCUT2D eigenvalue weighted by atomic mass is 10.2. The van der Waals surface area contributed by atoms with Crippen LogP contribution >= 0.6 is 15.9 Å². The zero-order valence-electron chi connectivity index (χ0n) is 11.0. The fourth-order valence-electron chi connectivity index (χ4n) is 2.16. The third-order valence-corrected chi connectivity index (χ3v) is 3.60. The molecule has 0 saturated heterocycles. The summed E-state index contributed by atoms with van der Waals surface area (Å²) >= 11 is 3.50. The second kappa shape index (κ2) is 5.54. The Hall–Kier alpha value is -2.01. The smallest absolute Gasteiger partial charge is 0.139 e. The molecule has 0 radical (unpaired) electrons. The number of pyridine rings is 1. The second-order valence-electron chi connectivity index (χ2n) is 4.57. The summed E-state index contributed by atoms with van der Waals surface area (Å²) < 4.78 is 1.03. The highest BCUT2D eigenvalue weighted by Crippen LogP contribution is 2.26. The van der Waals surface area contributed by atoms with E-state index < -0.39 is 0 Å². The Balaban J connectivity index is 1.99. The normalized spacial score (nSPS) is 10.7. The zero-order chi connectivity index (χ0) is 13.9. The topological polar surface area (TPSA) is 41.9 Å². The summed E-state index contributed by atoms with van der Waals surface area (Å²) in [5.41, 5.74) is 2.14. The molecule has 0 aliphatic rings. The van der Waals surface area contributed by atoms with E-state index in [1.54, 1.807) is 18.7 Å². The summed E-state index contributed by atoms with van der Waals surface area (Å²) in [4.78, 5) is 14.9. The molecule has 0 spiro atoms. The van der Waals surface area contributed by atoms with Crippen LogP contribution in [0.25, 0.3) is 10.9 Å². The van der Waals surface area contributed by atoms with Crippen LogP contribution in [0.5, 0.6) is 0 Å². The molecule has 0 aliphatic heterocycles. The van der Waals surface area contributed by atoms with Gasteiger partial charge in [-0.25, -0.2) is 9.97 Å². The first-order chi connectivity index (χ1) is 9.74. The van der Waals surface area contributed by atoms with Crippen molar-refractivity contribution >= 4 is 32.7 Å². The summed E-state index contributed by atoms with van der Waals surface area (Å²) in [7, 11) is 2.03. The van der Waals surface area contributed by atoms with Gasteiger partial charge in [0.15, 0.2) is 0 Å². The van der Waals surface area contributed by atoms with Crippen molar-refractivity contribution in [1.29, 1.82) is 0 Å². The summed E-state index contributed by atoms with van der Waals surface area (Å²) in [6.07, 6.45) is 5.21. The maximum Gasteiger partial charge on any atom is 0.139 e. The van der Waals surface area contributed by atoms with Crippen molar-refractivity contribution < 1.29 is 0 Å². The number of rotatable bonds is 3. The van der Waals surface area contributed by atoms with Gasteiger partial charge in [-0.05, 0) is 35.9 Å². The van der Waals surface area contributed by atoms with E-state index in [2.05, 4.69) is 35.8 Å². The van der Waals surface area contributed by atoms with Gasteiger partial charge in [0.1, 0.15) is 12.1 Å². The number of hydrogen-bond donors (Lipinski definition) is 0. The standard InChI is InChI=1S/C15H13BrN4/c1-20(9-11-4-6-17-7-5-11)15-13-8-12(16)2-3-14(13)18-10-19-15/h2-8,10H,9H2,1H3. The van der Waals surface area contributed by atoms with Crippen molar-refractivity contribution in [3.63, 3.8) is 0 Å². The summed E-state index contributed by atoms with van der Waals surface area (Å²) in [5.74, 6) is 0.924. The Bertz CT molecular complexity index is 730. The molecule has 0 saturated carbocycles. The number of fused-ring (bicyclic) bond motifs is 1. The third kappa shape index (κ3) is 2.63. The fourth-order valence-corrected chi connectivity index (χ4v) is 2.52. The maximum absolute atomic E-state index is 4.42. The van der Waals surface area contributed by atoms with Crippen molar-refractivity contribution in [2.24, 2.45) is 0 Å². The minimum atomic E-state index is 0.779. The van der Waals surface area contributed by atoms with Gasteiger partial charge in [-0.3, -0.25) is 4.98 Å². The first-order valence-corrected chi connectivity index (χ1v) is 7.03. The van der Waals surface area contributed by atoms with Crippen LogP contribution in [0.1, 0.15) is 5.56 Å². The molecular formula is C15H13BrN4. The number of nitrogens with zero attached hydrogens (tertiary/aromatic N) is 4. The van der Waals surface area contributed by atoms with Gasteiger partial charge in [-0.1, -0.05) is 15.9 Å². The second-order valence-corrected chi connectivity index (χ2v) is 5.49. The molecule has 2 aromatic heterocycles. The van der Waals surface area contributed by atoms with Gasteiger partial charge in [0.25, 0.3) is 0 Å². The Morgan fingerprint density at radius 3 is 2.70 bits per heavy atom. The van der Waals surface area contributed by atoms with Crippen LogP contribution in [0.15, 0.2) is 53.5 Å². The zero-order valence-corrected chi connectivity index (χ0v) is 12.6. The quantitative estimate of drug-likeness (QED) is 0.738. The minimum Gasteiger partial charge on any atom is -0.355 e. The van der Waals surface area contributed by atoms with Gasteiger partial charge in [0.05, 0.1) is 5.52 Å². The number of aromatic nitrogens is 3. The predicted molar refractivity (Wildman–Crippen MR) is 83.6 cm³/mol. The fraction of sp³-hybridized carbons (Fsp3) is 0.133. The lowest BCUT2D eigenvalue weighted by molar-refractivity contribution is 0.897. The molecule has 3 aromatic rings. The summed E-state index contributed by atoms with van der Waals surface area (Å²) in [6.45, 7) is 0.779. The third-order valence-electron chi connectivity index (χ3n) is 3.11. The van der Waals surface area contributed by atoms with Crippen molar-refractivity contribution in [3.8, 4) is 0 Å². The molecule has 1 aromatic carbocycles. The predicted octanol–water partition coefficient (Wildman–Crippen LogP) is 3.42. The first-order valence-electron chi connectivity index (χ1n) is 6.24. The van der Waals surface area contributed by atoms with Gasteiger partial charge in [0, 0.05) is 35.8 Å². The van der Waals surface area contributed by atoms with Gasteiger partial charge in [-0.15, -0.1) is 0 Å². The first kappa shape index (κ1) is 13.0. The molecule has 100 valence electrons. The molecule has 0 N–H and O–H groups in total. The highest BCUT2D eigenvalue weighted by atomic mass is 79.9. The van der Waals surface area contributed by atoms with Gasteiger partial charge in [-0.2, -0.15) is 0 Å². The van der Waals surface area contributed by atoms with E-state index in [-0.39, 0.29) is 0 Å². The number of anilines is 1. The monoisotopic (exact) mass is 328 g/mol. The van der Waals surface area contributed by atoms with E-state index in [4.69, 9.17) is 0 Å². The van der Waals surface area contributed by atoms with E-state index in [1.165, 1.54) is 5.56 Å². The van der Waals surface area contributed by atoms with Crippen molar-refractivity contribution in [2.75, 3.05) is 11.9 Å². The van der Waals surface area contributed by atoms with E-state index in [0.717, 1.165) is 27.7 Å². The van der Waals surface area contributed by atoms with E-state index in [0.29, 0.717) is 0 Å². The molecule has 0 atom stereocenters. The summed E-state index contributed by atoms with van der Waals surface area (Å²) in [6, 6.07) is 10.0. The number of hydrogen-bond acceptors (Lipinski definition) is 4.